The number of hydrogen-bond donors (Lipinski definition) is 2. The Morgan fingerprint density at radius 2 is 1.81 bits per heavy atom. The van der Waals surface area contributed by atoms with Gasteiger partial charge in [0.25, 0.3) is 0 Å². The molecule has 9 heteroatoms. The Morgan fingerprint density at radius 1 is 1.12 bits per heavy atom. The van der Waals surface area contributed by atoms with Crippen LogP contribution in [0, 0.1) is 0 Å². The number of ether oxygens (including phenoxy) is 1. The van der Waals surface area contributed by atoms with Crippen LogP contribution < -0.4 is 10.0 Å². The summed E-state index contributed by atoms with van der Waals surface area (Å²) in [5.74, 6) is -1.01. The second-order valence-electron chi connectivity index (χ2n) is 5.13. The lowest BCUT2D eigenvalue weighted by molar-refractivity contribution is -0.115. The van der Waals surface area contributed by atoms with E-state index in [1.165, 1.54) is 42.5 Å². The van der Waals surface area contributed by atoms with E-state index >= 15 is 0 Å². The third-order valence-electron chi connectivity index (χ3n) is 3.21. The molecular weight excluding hydrogens is 380 g/mol. The van der Waals surface area contributed by atoms with E-state index in [4.69, 9.17) is 16.3 Å². The van der Waals surface area contributed by atoms with E-state index in [9.17, 15) is 18.0 Å². The number of amides is 1. The molecule has 0 aliphatic carbocycles. The largest absolute Gasteiger partial charge is 0.462 e. The van der Waals surface area contributed by atoms with Gasteiger partial charge in [-0.15, -0.1) is 0 Å². The summed E-state index contributed by atoms with van der Waals surface area (Å²) in [6.07, 6.45) is 0. The van der Waals surface area contributed by atoms with Crippen LogP contribution in [0.5, 0.6) is 0 Å². The molecule has 0 aromatic heterocycles. The monoisotopic (exact) mass is 396 g/mol. The van der Waals surface area contributed by atoms with Crippen LogP contribution in [-0.2, 0) is 19.6 Å². The zero-order valence-electron chi connectivity index (χ0n) is 13.9. The third-order valence-corrected chi connectivity index (χ3v) is 4.84. The first-order chi connectivity index (χ1) is 12.3. The number of esters is 1. The molecule has 2 aromatic rings. The first-order valence-corrected chi connectivity index (χ1v) is 9.50. The van der Waals surface area contributed by atoms with Crippen molar-refractivity contribution in [2.75, 3.05) is 18.5 Å². The van der Waals surface area contributed by atoms with Crippen molar-refractivity contribution < 1.29 is 22.7 Å². The predicted molar refractivity (Wildman–Crippen MR) is 97.7 cm³/mol. The van der Waals surface area contributed by atoms with Crippen molar-refractivity contribution in [2.24, 2.45) is 0 Å². The number of anilines is 1. The van der Waals surface area contributed by atoms with Gasteiger partial charge < -0.3 is 10.1 Å². The quantitative estimate of drug-likeness (QED) is 0.700. The lowest BCUT2D eigenvalue weighted by Crippen LogP contribution is -2.32. The minimum absolute atomic E-state index is 0.0309. The van der Waals surface area contributed by atoms with Crippen LogP contribution in [-0.4, -0.2) is 33.4 Å². The summed E-state index contributed by atoms with van der Waals surface area (Å²) < 4.78 is 31.3. The van der Waals surface area contributed by atoms with Crippen molar-refractivity contribution >= 4 is 39.2 Å². The molecule has 0 saturated carbocycles. The lowest BCUT2D eigenvalue weighted by Gasteiger charge is -2.09. The molecule has 0 fully saturated rings. The van der Waals surface area contributed by atoms with Gasteiger partial charge >= 0.3 is 5.97 Å². The molecular formula is C17H17ClN2O5S. The van der Waals surface area contributed by atoms with Gasteiger partial charge in [-0.05, 0) is 49.4 Å². The van der Waals surface area contributed by atoms with E-state index in [2.05, 4.69) is 10.0 Å². The number of hydrogen-bond acceptors (Lipinski definition) is 5. The van der Waals surface area contributed by atoms with Crippen molar-refractivity contribution in [1.82, 2.24) is 4.72 Å². The maximum atomic E-state index is 12.1. The van der Waals surface area contributed by atoms with Gasteiger partial charge in [0.1, 0.15) is 0 Å². The van der Waals surface area contributed by atoms with E-state index in [-0.39, 0.29) is 16.5 Å². The van der Waals surface area contributed by atoms with Crippen molar-refractivity contribution in [3.05, 3.63) is 59.1 Å². The Hall–Kier alpha value is -2.42. The smallest absolute Gasteiger partial charge is 0.338 e. The summed E-state index contributed by atoms with van der Waals surface area (Å²) >= 11 is 5.77. The number of benzene rings is 2. The van der Waals surface area contributed by atoms with Crippen molar-refractivity contribution in [2.45, 2.75) is 11.8 Å². The van der Waals surface area contributed by atoms with Crippen molar-refractivity contribution in [3.63, 3.8) is 0 Å². The van der Waals surface area contributed by atoms with Crippen LogP contribution in [0.25, 0.3) is 0 Å². The highest BCUT2D eigenvalue weighted by Crippen LogP contribution is 2.15. The molecule has 0 unspecified atom stereocenters. The highest BCUT2D eigenvalue weighted by Gasteiger charge is 2.16. The minimum Gasteiger partial charge on any atom is -0.462 e. The second kappa shape index (κ2) is 8.79. The summed E-state index contributed by atoms with van der Waals surface area (Å²) in [6.45, 7) is 1.52. The van der Waals surface area contributed by atoms with Gasteiger partial charge in [-0.1, -0.05) is 17.7 Å². The molecule has 26 heavy (non-hydrogen) atoms. The molecule has 2 rings (SSSR count). The number of sulfonamides is 1. The average molecular weight is 397 g/mol. The number of halogens is 1. The number of carbonyl (C=O) groups excluding carboxylic acids is 2. The fourth-order valence-electron chi connectivity index (χ4n) is 1.99. The van der Waals surface area contributed by atoms with E-state index in [1.807, 2.05) is 0 Å². The van der Waals surface area contributed by atoms with Crippen LogP contribution >= 0.6 is 11.6 Å². The Kier molecular flexibility index (Phi) is 6.73. The Bertz CT molecular complexity index is 898. The lowest BCUT2D eigenvalue weighted by atomic mass is 10.2. The molecule has 0 aliphatic heterocycles. The number of rotatable bonds is 7. The first kappa shape index (κ1) is 19.9. The first-order valence-electron chi connectivity index (χ1n) is 7.64. The predicted octanol–water partition coefficient (Wildman–Crippen LogP) is 2.43. The maximum absolute atomic E-state index is 12.1. The van der Waals surface area contributed by atoms with E-state index in [1.54, 1.807) is 13.0 Å². The van der Waals surface area contributed by atoms with Crippen LogP contribution in [0.2, 0.25) is 5.02 Å². The molecule has 0 aliphatic rings. The molecule has 0 spiro atoms. The van der Waals surface area contributed by atoms with E-state index in [0.29, 0.717) is 11.3 Å². The minimum atomic E-state index is -3.85. The van der Waals surface area contributed by atoms with Crippen molar-refractivity contribution in [1.29, 1.82) is 0 Å². The fourth-order valence-corrected chi connectivity index (χ4v) is 3.27. The normalized spacial score (nSPS) is 11.0. The summed E-state index contributed by atoms with van der Waals surface area (Å²) in [4.78, 5) is 23.4. The highest BCUT2D eigenvalue weighted by atomic mass is 35.5. The number of carbonyl (C=O) groups is 2. The fraction of sp³-hybridized carbons (Fsp3) is 0.176. The third kappa shape index (κ3) is 5.55. The molecule has 0 bridgehead atoms. The standard InChI is InChI=1S/C17H17ClN2O5S/c1-2-25-17(22)12-6-8-14(9-7-12)20-16(21)11-19-26(23,24)15-5-3-4-13(18)10-15/h3-10,19H,2,11H2,1H3,(H,20,21). The topological polar surface area (TPSA) is 102 Å². The van der Waals surface area contributed by atoms with Crippen LogP contribution in [0.4, 0.5) is 5.69 Å². The summed E-state index contributed by atoms with van der Waals surface area (Å²) in [5.41, 5.74) is 0.775. The van der Waals surface area contributed by atoms with Gasteiger partial charge in [0.2, 0.25) is 15.9 Å². The van der Waals surface area contributed by atoms with Crippen LogP contribution in [0.1, 0.15) is 17.3 Å². The SMILES string of the molecule is CCOC(=O)c1ccc(NC(=O)CNS(=O)(=O)c2cccc(Cl)c2)cc1. The molecule has 1 amide bonds. The molecule has 2 aromatic carbocycles. The van der Waals surface area contributed by atoms with E-state index in [0.717, 1.165) is 0 Å². The van der Waals surface area contributed by atoms with Gasteiger partial charge in [0, 0.05) is 10.7 Å². The van der Waals surface area contributed by atoms with Gasteiger partial charge in [-0.25, -0.2) is 17.9 Å². The van der Waals surface area contributed by atoms with Gasteiger partial charge in [0.05, 0.1) is 23.6 Å². The Labute approximate surface area is 156 Å². The summed E-state index contributed by atoms with van der Waals surface area (Å²) in [7, 11) is -3.85. The number of nitrogens with one attached hydrogen (secondary N) is 2. The Balaban J connectivity index is 1.93. The zero-order chi connectivity index (χ0) is 19.2. The molecule has 2 N–H and O–H groups in total. The van der Waals surface area contributed by atoms with Gasteiger partial charge in [0.15, 0.2) is 0 Å². The van der Waals surface area contributed by atoms with Crippen molar-refractivity contribution in [3.8, 4) is 0 Å². The molecule has 0 heterocycles. The molecule has 7 nitrogen and oxygen atoms in total. The van der Waals surface area contributed by atoms with Crippen LogP contribution in [0.3, 0.4) is 0 Å². The second-order valence-corrected chi connectivity index (χ2v) is 7.33. The van der Waals surface area contributed by atoms with Gasteiger partial charge in [-0.3, -0.25) is 4.79 Å². The summed E-state index contributed by atoms with van der Waals surface area (Å²) in [5, 5.41) is 2.81. The molecule has 138 valence electrons. The Morgan fingerprint density at radius 3 is 2.42 bits per heavy atom. The average Bonchev–Trinajstić information content (AvgIpc) is 2.61. The van der Waals surface area contributed by atoms with E-state index < -0.39 is 28.4 Å². The van der Waals surface area contributed by atoms with Gasteiger partial charge in [-0.2, -0.15) is 0 Å². The maximum Gasteiger partial charge on any atom is 0.338 e. The zero-order valence-corrected chi connectivity index (χ0v) is 15.4. The molecule has 0 radical (unpaired) electrons. The van der Waals surface area contributed by atoms with Crippen LogP contribution in [0.15, 0.2) is 53.4 Å². The summed E-state index contributed by atoms with van der Waals surface area (Å²) in [6, 6.07) is 11.8. The molecule has 0 saturated heterocycles. The molecule has 0 atom stereocenters. The highest BCUT2D eigenvalue weighted by molar-refractivity contribution is 7.89.